The van der Waals surface area contributed by atoms with Crippen LogP contribution in [0.4, 0.5) is 0 Å². The first-order chi connectivity index (χ1) is 15.7. The van der Waals surface area contributed by atoms with Crippen molar-refractivity contribution in [2.75, 3.05) is 26.3 Å². The van der Waals surface area contributed by atoms with Crippen molar-refractivity contribution in [1.29, 1.82) is 0 Å². The summed E-state index contributed by atoms with van der Waals surface area (Å²) >= 11 is 0. The molecule has 0 spiro atoms. The van der Waals surface area contributed by atoms with Crippen LogP contribution in [0.2, 0.25) is 0 Å². The van der Waals surface area contributed by atoms with E-state index in [2.05, 4.69) is 5.32 Å². The zero-order chi connectivity index (χ0) is 24.4. The number of amides is 1. The number of nitrogens with zero attached hydrogens (tertiary/aromatic N) is 1. The number of benzene rings is 2. The fourth-order valence-corrected chi connectivity index (χ4v) is 3.41. The van der Waals surface area contributed by atoms with Crippen LogP contribution in [0, 0.1) is 0 Å². The second-order valence-corrected chi connectivity index (χ2v) is 7.63. The number of hydrogen-bond acceptors (Lipinski definition) is 8. The quantitative estimate of drug-likeness (QED) is 0.188. The lowest BCUT2D eigenvalue weighted by Gasteiger charge is -2.20. The highest BCUT2D eigenvalue weighted by Crippen LogP contribution is 2.24. The highest BCUT2D eigenvalue weighted by Gasteiger charge is 2.27. The molecule has 0 saturated carbocycles. The smallest absolute Gasteiger partial charge is 0.475 e. The van der Waals surface area contributed by atoms with E-state index in [1.165, 1.54) is 18.2 Å². The topological polar surface area (TPSA) is 171 Å². The minimum atomic E-state index is -1.92. The molecule has 2 aromatic rings. The molecule has 0 unspecified atom stereocenters. The van der Waals surface area contributed by atoms with Crippen LogP contribution in [0.5, 0.6) is 5.75 Å². The van der Waals surface area contributed by atoms with Gasteiger partial charge in [-0.2, -0.15) is 0 Å². The van der Waals surface area contributed by atoms with E-state index in [-0.39, 0.29) is 37.2 Å². The van der Waals surface area contributed by atoms with Crippen molar-refractivity contribution in [2.45, 2.75) is 25.3 Å². The van der Waals surface area contributed by atoms with Crippen LogP contribution in [0.15, 0.2) is 42.5 Å². The van der Waals surface area contributed by atoms with Crippen molar-refractivity contribution >= 4 is 19.0 Å². The van der Waals surface area contributed by atoms with E-state index in [1.807, 2.05) is 17.0 Å². The largest absolute Gasteiger partial charge is 0.507 e. The number of aliphatic hydroxyl groups is 2. The predicted octanol–water partition coefficient (Wildman–Crippen LogP) is -0.841. The van der Waals surface area contributed by atoms with Gasteiger partial charge in [0.25, 0.3) is 0 Å². The van der Waals surface area contributed by atoms with Gasteiger partial charge in [0.1, 0.15) is 11.3 Å². The summed E-state index contributed by atoms with van der Waals surface area (Å²) in [5, 5.41) is 59.3. The third-order valence-corrected chi connectivity index (χ3v) is 5.12. The third-order valence-electron chi connectivity index (χ3n) is 5.12. The minimum Gasteiger partial charge on any atom is -0.507 e. The molecule has 2 aromatic carbocycles. The van der Waals surface area contributed by atoms with Crippen molar-refractivity contribution in [3.05, 3.63) is 64.7 Å². The van der Waals surface area contributed by atoms with E-state index < -0.39 is 30.7 Å². The Balaban J connectivity index is 2.00. The van der Waals surface area contributed by atoms with Gasteiger partial charge < -0.3 is 35.8 Å². The zero-order valence-corrected chi connectivity index (χ0v) is 18.1. The van der Waals surface area contributed by atoms with Crippen LogP contribution in [0.3, 0.4) is 0 Å². The molecule has 0 saturated heterocycles. The molecule has 10 nitrogen and oxygen atoms in total. The Bertz CT molecular complexity index is 917. The molecule has 0 bridgehead atoms. The molecule has 0 aliphatic carbocycles. The Morgan fingerprint density at radius 2 is 1.58 bits per heavy atom. The van der Waals surface area contributed by atoms with Gasteiger partial charge >= 0.3 is 13.1 Å². The lowest BCUT2D eigenvalue weighted by molar-refractivity contribution is -0.120. The molecule has 1 amide bonds. The number of hydrogen-bond donors (Lipinski definition) is 7. The Morgan fingerprint density at radius 3 is 2.12 bits per heavy atom. The van der Waals surface area contributed by atoms with Gasteiger partial charge in [0, 0.05) is 19.6 Å². The van der Waals surface area contributed by atoms with Gasteiger partial charge in [0.15, 0.2) is 0 Å². The Kier molecular flexibility index (Phi) is 10.3. The first-order valence-corrected chi connectivity index (χ1v) is 10.5. The van der Waals surface area contributed by atoms with Crippen LogP contribution in [-0.2, 0) is 24.2 Å². The summed E-state index contributed by atoms with van der Waals surface area (Å²) in [5.41, 5.74) is 1.47. The summed E-state index contributed by atoms with van der Waals surface area (Å²) in [7, 11) is -1.92. The number of para-hydroxylation sites is 1. The molecule has 0 heterocycles. The van der Waals surface area contributed by atoms with Gasteiger partial charge in [0.2, 0.25) is 5.91 Å². The fourth-order valence-electron chi connectivity index (χ4n) is 3.41. The number of aromatic hydroxyl groups is 1. The highest BCUT2D eigenvalue weighted by atomic mass is 16.4. The molecular formula is C22H29BN2O8. The number of nitrogens with one attached hydrogen (secondary N) is 1. The molecule has 0 aromatic heterocycles. The van der Waals surface area contributed by atoms with E-state index in [9.17, 15) is 24.7 Å². The van der Waals surface area contributed by atoms with Crippen molar-refractivity contribution in [1.82, 2.24) is 10.2 Å². The normalized spacial score (nSPS) is 11.9. The van der Waals surface area contributed by atoms with Gasteiger partial charge in [0.05, 0.1) is 25.6 Å². The summed E-state index contributed by atoms with van der Waals surface area (Å²) in [5.74, 6) is -3.44. The standard InChI is InChI=1S/C22H29BN2O8/c26-10-8-25(9-11-27)14-16-6-4-15(5-7-16)12-20(28)24-19(23(32)33)13-17-2-1-3-18(21(17)29)22(30)31/h1-7,19,26-27,29,32-33H,8-14H2,(H,24,28)(H,30,31)/t19-/m0/s1. The number of carbonyl (C=O) groups excluding carboxylic acids is 1. The average molecular weight is 460 g/mol. The molecule has 0 aliphatic rings. The first-order valence-electron chi connectivity index (χ1n) is 10.5. The lowest BCUT2D eigenvalue weighted by Crippen LogP contribution is -2.48. The van der Waals surface area contributed by atoms with Crippen molar-refractivity contribution in [3.8, 4) is 5.75 Å². The molecule has 0 fully saturated rings. The molecule has 0 aliphatic heterocycles. The molecule has 2 rings (SSSR count). The van der Waals surface area contributed by atoms with Gasteiger partial charge in [-0.15, -0.1) is 0 Å². The molecule has 11 heteroatoms. The van der Waals surface area contributed by atoms with Crippen LogP contribution < -0.4 is 5.32 Å². The number of aliphatic hydroxyl groups excluding tert-OH is 2. The molecule has 178 valence electrons. The number of rotatable bonds is 13. The van der Waals surface area contributed by atoms with Crippen LogP contribution in [-0.4, -0.2) is 86.6 Å². The molecule has 1 atom stereocenters. The zero-order valence-electron chi connectivity index (χ0n) is 18.1. The summed E-state index contributed by atoms with van der Waals surface area (Å²) in [4.78, 5) is 25.5. The second-order valence-electron chi connectivity index (χ2n) is 7.63. The maximum absolute atomic E-state index is 12.5. The number of aromatic carboxylic acids is 1. The maximum atomic E-state index is 12.5. The summed E-state index contributed by atoms with van der Waals surface area (Å²) in [6, 6.07) is 11.3. The Morgan fingerprint density at radius 1 is 0.970 bits per heavy atom. The molecule has 0 radical (unpaired) electrons. The summed E-state index contributed by atoms with van der Waals surface area (Å²) in [6.45, 7) is 1.36. The van der Waals surface area contributed by atoms with E-state index in [4.69, 9.17) is 15.3 Å². The Labute approximate surface area is 191 Å². The minimum absolute atomic E-state index is 0.0193. The van der Waals surface area contributed by atoms with Gasteiger partial charge in [-0.05, 0) is 29.2 Å². The summed E-state index contributed by atoms with van der Waals surface area (Å²) < 4.78 is 0. The van der Waals surface area contributed by atoms with E-state index in [0.29, 0.717) is 25.2 Å². The van der Waals surface area contributed by atoms with Crippen LogP contribution in [0.1, 0.15) is 27.0 Å². The van der Waals surface area contributed by atoms with Crippen molar-refractivity contribution < 1.29 is 40.1 Å². The van der Waals surface area contributed by atoms with Crippen molar-refractivity contribution in [3.63, 3.8) is 0 Å². The SMILES string of the molecule is O=C(Cc1ccc(CN(CCO)CCO)cc1)N[C@@H](Cc1cccc(C(=O)O)c1O)B(O)O. The Hall–Kier alpha value is -2.96. The monoisotopic (exact) mass is 460 g/mol. The van der Waals surface area contributed by atoms with E-state index in [1.54, 1.807) is 12.1 Å². The fraction of sp³-hybridized carbons (Fsp3) is 0.364. The average Bonchev–Trinajstić information content (AvgIpc) is 2.76. The van der Waals surface area contributed by atoms with E-state index in [0.717, 1.165) is 5.56 Å². The number of carboxylic acid groups (broad SMARTS) is 1. The van der Waals surface area contributed by atoms with E-state index >= 15 is 0 Å². The molecule has 7 N–H and O–H groups in total. The van der Waals surface area contributed by atoms with Crippen LogP contribution >= 0.6 is 0 Å². The summed E-state index contributed by atoms with van der Waals surface area (Å²) in [6.07, 6.45) is -0.206. The second kappa shape index (κ2) is 12.9. The lowest BCUT2D eigenvalue weighted by atomic mass is 9.75. The number of phenols is 1. The predicted molar refractivity (Wildman–Crippen MR) is 120 cm³/mol. The molecule has 33 heavy (non-hydrogen) atoms. The van der Waals surface area contributed by atoms with Gasteiger partial charge in [-0.3, -0.25) is 9.69 Å². The maximum Gasteiger partial charge on any atom is 0.475 e. The molecular weight excluding hydrogens is 431 g/mol. The number of carbonyl (C=O) groups is 2. The first kappa shape index (κ1) is 26.3. The van der Waals surface area contributed by atoms with Gasteiger partial charge in [-0.1, -0.05) is 36.4 Å². The van der Waals surface area contributed by atoms with Crippen LogP contribution in [0.25, 0.3) is 0 Å². The third kappa shape index (κ3) is 8.15. The number of carboxylic acids is 1. The highest BCUT2D eigenvalue weighted by molar-refractivity contribution is 6.43. The van der Waals surface area contributed by atoms with Gasteiger partial charge in [-0.25, -0.2) is 4.79 Å². The van der Waals surface area contributed by atoms with Crippen molar-refractivity contribution in [2.24, 2.45) is 0 Å².